The van der Waals surface area contributed by atoms with Crippen LogP contribution in [0.15, 0.2) is 36.4 Å². The van der Waals surface area contributed by atoms with E-state index in [1.807, 2.05) is 13.0 Å². The maximum atomic E-state index is 13.9. The second-order valence-electron chi connectivity index (χ2n) is 11.5. The number of anilines is 1. The number of rotatable bonds is 6. The van der Waals surface area contributed by atoms with Crippen LogP contribution in [-0.2, 0) is 6.54 Å². The van der Waals surface area contributed by atoms with E-state index in [0.29, 0.717) is 17.0 Å². The van der Waals surface area contributed by atoms with Crippen molar-refractivity contribution >= 4 is 17.4 Å². The summed E-state index contributed by atoms with van der Waals surface area (Å²) in [7, 11) is 0. The van der Waals surface area contributed by atoms with E-state index in [1.165, 1.54) is 0 Å². The molecule has 2 atom stereocenters. The first-order chi connectivity index (χ1) is 16.6. The summed E-state index contributed by atoms with van der Waals surface area (Å²) >= 11 is 0. The number of carboxylic acids is 1. The second-order valence-corrected chi connectivity index (χ2v) is 11.5. The Kier molecular flexibility index (Phi) is 6.22. The van der Waals surface area contributed by atoms with Crippen molar-refractivity contribution in [2.75, 3.05) is 18.4 Å². The number of ketones is 1. The minimum atomic E-state index is -0.951. The standard InChI is InChI=1S/C29H37N3O3/c1-18-15-22(19(2)30-25-8-6-5-7-21(25)28(34)35)24-17-32(31-13-11-29(3,4)12-14-31)26(20-9-10-20)27(33)23(24)16-18/h5-8,15-16,19-20,26,30H,9-14,17H2,1-4H3,(H,34,35). The molecular weight excluding hydrogens is 438 g/mol. The molecule has 0 aromatic heterocycles. The molecule has 2 aliphatic heterocycles. The predicted molar refractivity (Wildman–Crippen MR) is 138 cm³/mol. The third-order valence-corrected chi connectivity index (χ3v) is 8.13. The number of hydrazine groups is 1. The molecule has 0 radical (unpaired) electrons. The average Bonchev–Trinajstić information content (AvgIpc) is 3.64. The molecule has 186 valence electrons. The van der Waals surface area contributed by atoms with Crippen LogP contribution in [0.1, 0.15) is 89.9 Å². The first-order valence-corrected chi connectivity index (χ1v) is 12.9. The van der Waals surface area contributed by atoms with Gasteiger partial charge in [0.1, 0.15) is 0 Å². The molecular formula is C29H37N3O3. The molecule has 2 heterocycles. The van der Waals surface area contributed by atoms with Crippen LogP contribution in [0.5, 0.6) is 0 Å². The number of hydrogen-bond acceptors (Lipinski definition) is 5. The van der Waals surface area contributed by atoms with E-state index in [-0.39, 0.29) is 23.4 Å². The van der Waals surface area contributed by atoms with E-state index >= 15 is 0 Å². The van der Waals surface area contributed by atoms with Gasteiger partial charge in [0.05, 0.1) is 11.6 Å². The highest BCUT2D eigenvalue weighted by Crippen LogP contribution is 2.43. The molecule has 2 aromatic rings. The summed E-state index contributed by atoms with van der Waals surface area (Å²) in [4.78, 5) is 25.7. The van der Waals surface area contributed by atoms with Crippen molar-refractivity contribution in [1.82, 2.24) is 10.0 Å². The van der Waals surface area contributed by atoms with Crippen molar-refractivity contribution in [3.63, 3.8) is 0 Å². The van der Waals surface area contributed by atoms with Crippen LogP contribution in [0.3, 0.4) is 0 Å². The number of carbonyl (C=O) groups excluding carboxylic acids is 1. The molecule has 1 saturated heterocycles. The Labute approximate surface area is 208 Å². The second kappa shape index (κ2) is 9.07. The van der Waals surface area contributed by atoms with Crippen LogP contribution < -0.4 is 5.32 Å². The largest absolute Gasteiger partial charge is 0.478 e. The molecule has 0 amide bonds. The smallest absolute Gasteiger partial charge is 0.337 e. The first-order valence-electron chi connectivity index (χ1n) is 12.9. The summed E-state index contributed by atoms with van der Waals surface area (Å²) in [6.07, 6.45) is 4.52. The predicted octanol–water partition coefficient (Wildman–Crippen LogP) is 5.68. The first kappa shape index (κ1) is 24.0. The fraction of sp³-hybridized carbons (Fsp3) is 0.517. The van der Waals surface area contributed by atoms with Crippen LogP contribution in [0, 0.1) is 18.3 Å². The molecule has 3 aliphatic rings. The Hall–Kier alpha value is -2.70. The number of nitrogens with one attached hydrogen (secondary N) is 1. The number of Topliss-reactive ketones (excluding diaryl/α,β-unsaturated/α-hetero) is 1. The quantitative estimate of drug-likeness (QED) is 0.560. The molecule has 2 fully saturated rings. The van der Waals surface area contributed by atoms with Gasteiger partial charge in [0, 0.05) is 36.9 Å². The zero-order valence-electron chi connectivity index (χ0n) is 21.3. The van der Waals surface area contributed by atoms with Gasteiger partial charge in [-0.05, 0) is 80.2 Å². The van der Waals surface area contributed by atoms with Crippen LogP contribution in [0.4, 0.5) is 5.69 Å². The molecule has 2 unspecified atom stereocenters. The number of hydrogen-bond donors (Lipinski definition) is 2. The molecule has 0 bridgehead atoms. The SMILES string of the molecule is Cc1cc2c(c(C(C)Nc3ccccc3C(=O)O)c1)CN(N1CCC(C)(C)CC1)C(C1CC1)C2=O. The van der Waals surface area contributed by atoms with Gasteiger partial charge < -0.3 is 10.4 Å². The molecule has 1 aliphatic carbocycles. The lowest BCUT2D eigenvalue weighted by Crippen LogP contribution is -2.57. The number of fused-ring (bicyclic) bond motifs is 1. The van der Waals surface area contributed by atoms with Crippen molar-refractivity contribution in [2.45, 2.75) is 72.0 Å². The van der Waals surface area contributed by atoms with Crippen molar-refractivity contribution in [2.24, 2.45) is 11.3 Å². The Morgan fingerprint density at radius 1 is 1.14 bits per heavy atom. The van der Waals surface area contributed by atoms with Crippen molar-refractivity contribution < 1.29 is 14.7 Å². The van der Waals surface area contributed by atoms with Gasteiger partial charge in [-0.15, -0.1) is 0 Å². The van der Waals surface area contributed by atoms with Crippen LogP contribution in [-0.4, -0.2) is 46.0 Å². The molecule has 6 nitrogen and oxygen atoms in total. The summed E-state index contributed by atoms with van der Waals surface area (Å²) in [6.45, 7) is 11.5. The van der Waals surface area contributed by atoms with Gasteiger partial charge in [0.15, 0.2) is 5.78 Å². The topological polar surface area (TPSA) is 72.9 Å². The number of carboxylic acid groups (broad SMARTS) is 1. The number of aromatic carboxylic acids is 1. The van der Waals surface area contributed by atoms with Crippen molar-refractivity contribution in [3.8, 4) is 0 Å². The monoisotopic (exact) mass is 475 g/mol. The highest BCUT2D eigenvalue weighted by atomic mass is 16.4. The van der Waals surface area contributed by atoms with Gasteiger partial charge in [-0.3, -0.25) is 4.79 Å². The molecule has 2 aromatic carbocycles. The Morgan fingerprint density at radius 2 is 1.83 bits per heavy atom. The van der Waals surface area contributed by atoms with E-state index in [2.05, 4.69) is 48.2 Å². The van der Waals surface area contributed by atoms with Crippen molar-refractivity contribution in [3.05, 3.63) is 64.2 Å². The zero-order valence-corrected chi connectivity index (χ0v) is 21.3. The van der Waals surface area contributed by atoms with Gasteiger partial charge in [0.2, 0.25) is 0 Å². The normalized spacial score (nSPS) is 23.5. The summed E-state index contributed by atoms with van der Waals surface area (Å²) in [6, 6.07) is 11.0. The Bertz CT molecular complexity index is 1140. The molecule has 5 rings (SSSR count). The van der Waals surface area contributed by atoms with Gasteiger partial charge >= 0.3 is 5.97 Å². The number of para-hydroxylation sites is 1. The molecule has 6 heteroatoms. The van der Waals surface area contributed by atoms with Gasteiger partial charge in [-0.1, -0.05) is 37.6 Å². The minimum absolute atomic E-state index is 0.0608. The highest BCUT2D eigenvalue weighted by Gasteiger charge is 2.47. The molecule has 1 saturated carbocycles. The number of aryl methyl sites for hydroxylation is 1. The van der Waals surface area contributed by atoms with E-state index in [9.17, 15) is 14.7 Å². The van der Waals surface area contributed by atoms with E-state index < -0.39 is 5.97 Å². The third kappa shape index (κ3) is 4.74. The molecule has 35 heavy (non-hydrogen) atoms. The van der Waals surface area contributed by atoms with Gasteiger partial charge in [-0.25, -0.2) is 14.8 Å². The lowest BCUT2D eigenvalue weighted by molar-refractivity contribution is -0.0956. The summed E-state index contributed by atoms with van der Waals surface area (Å²) in [5, 5.41) is 17.9. The van der Waals surface area contributed by atoms with Gasteiger partial charge in [-0.2, -0.15) is 0 Å². The maximum absolute atomic E-state index is 13.9. The number of nitrogens with zero attached hydrogens (tertiary/aromatic N) is 2. The zero-order chi connectivity index (χ0) is 24.9. The average molecular weight is 476 g/mol. The molecule has 2 N–H and O–H groups in total. The summed E-state index contributed by atoms with van der Waals surface area (Å²) in [5.74, 6) is -0.248. The Balaban J connectivity index is 1.50. The van der Waals surface area contributed by atoms with Crippen LogP contribution in [0.25, 0.3) is 0 Å². The lowest BCUT2D eigenvalue weighted by atomic mass is 9.82. The Morgan fingerprint density at radius 3 is 2.49 bits per heavy atom. The number of benzene rings is 2. The summed E-state index contributed by atoms with van der Waals surface area (Å²) < 4.78 is 0. The summed E-state index contributed by atoms with van der Waals surface area (Å²) in [5.41, 5.74) is 5.27. The van der Waals surface area contributed by atoms with E-state index in [1.54, 1.807) is 18.2 Å². The third-order valence-electron chi connectivity index (χ3n) is 8.13. The van der Waals surface area contributed by atoms with Gasteiger partial charge in [0.25, 0.3) is 0 Å². The van der Waals surface area contributed by atoms with Crippen LogP contribution in [0.2, 0.25) is 0 Å². The fourth-order valence-electron chi connectivity index (χ4n) is 5.79. The van der Waals surface area contributed by atoms with Crippen LogP contribution >= 0.6 is 0 Å². The number of piperidine rings is 1. The van der Waals surface area contributed by atoms with E-state index in [4.69, 9.17) is 0 Å². The maximum Gasteiger partial charge on any atom is 0.337 e. The lowest BCUT2D eigenvalue weighted by Gasteiger charge is -2.48. The minimum Gasteiger partial charge on any atom is -0.478 e. The number of carbonyl (C=O) groups is 2. The van der Waals surface area contributed by atoms with Crippen molar-refractivity contribution in [1.29, 1.82) is 0 Å². The molecule has 0 spiro atoms. The van der Waals surface area contributed by atoms with E-state index in [0.717, 1.165) is 67.6 Å². The highest BCUT2D eigenvalue weighted by molar-refractivity contribution is 6.03. The fourth-order valence-corrected chi connectivity index (χ4v) is 5.79.